The second-order valence-corrected chi connectivity index (χ2v) is 7.64. The van der Waals surface area contributed by atoms with Gasteiger partial charge in [-0.3, -0.25) is 9.36 Å². The highest BCUT2D eigenvalue weighted by Crippen LogP contribution is 2.20. The van der Waals surface area contributed by atoms with Crippen molar-refractivity contribution in [3.05, 3.63) is 87.9 Å². The van der Waals surface area contributed by atoms with Crippen molar-refractivity contribution in [2.75, 3.05) is 0 Å². The zero-order chi connectivity index (χ0) is 21.5. The van der Waals surface area contributed by atoms with Gasteiger partial charge < -0.3 is 4.52 Å². The van der Waals surface area contributed by atoms with Crippen molar-refractivity contribution >= 4 is 11.0 Å². The summed E-state index contributed by atoms with van der Waals surface area (Å²) in [6, 6.07) is 13.9. The van der Waals surface area contributed by atoms with E-state index in [9.17, 15) is 4.79 Å². The highest BCUT2D eigenvalue weighted by molar-refractivity contribution is 5.75. The van der Waals surface area contributed by atoms with Crippen LogP contribution in [0.3, 0.4) is 0 Å². The van der Waals surface area contributed by atoms with Crippen LogP contribution >= 0.6 is 0 Å². The third kappa shape index (κ3) is 3.42. The van der Waals surface area contributed by atoms with Gasteiger partial charge in [-0.2, -0.15) is 10.1 Å². The number of aryl methyl sites for hydroxylation is 3. The maximum atomic E-state index is 13.0. The molecule has 0 spiro atoms. The minimum Gasteiger partial charge on any atom is -0.337 e. The van der Waals surface area contributed by atoms with E-state index in [0.717, 1.165) is 27.9 Å². The average Bonchev–Trinajstić information content (AvgIpc) is 3.37. The summed E-state index contributed by atoms with van der Waals surface area (Å²) in [5.41, 5.74) is 5.35. The third-order valence-electron chi connectivity index (χ3n) is 5.17. The van der Waals surface area contributed by atoms with Gasteiger partial charge in [-0.1, -0.05) is 35.5 Å². The molecule has 3 heterocycles. The summed E-state index contributed by atoms with van der Waals surface area (Å²) in [5.74, 6) is 0.834. The molecule has 0 bridgehead atoms. The number of fused-ring (bicyclic) bond motifs is 1. The zero-order valence-electron chi connectivity index (χ0n) is 17.4. The lowest BCUT2D eigenvalue weighted by molar-refractivity contribution is 0.369. The fourth-order valence-corrected chi connectivity index (χ4v) is 3.72. The minimum absolute atomic E-state index is 0.134. The fraction of sp³-hybridized carbons (Fsp3) is 0.174. The van der Waals surface area contributed by atoms with Gasteiger partial charge in [0, 0.05) is 5.56 Å². The Kier molecular flexibility index (Phi) is 4.47. The first kappa shape index (κ1) is 18.9. The number of aromatic nitrogens is 6. The van der Waals surface area contributed by atoms with Crippen molar-refractivity contribution in [1.29, 1.82) is 0 Å². The predicted molar refractivity (Wildman–Crippen MR) is 116 cm³/mol. The van der Waals surface area contributed by atoms with Gasteiger partial charge in [-0.15, -0.1) is 0 Å². The van der Waals surface area contributed by atoms with Crippen molar-refractivity contribution in [3.63, 3.8) is 0 Å². The largest absolute Gasteiger partial charge is 0.337 e. The van der Waals surface area contributed by atoms with E-state index in [2.05, 4.69) is 26.3 Å². The van der Waals surface area contributed by atoms with Crippen LogP contribution in [-0.4, -0.2) is 29.5 Å². The Morgan fingerprint density at radius 3 is 2.58 bits per heavy atom. The molecule has 31 heavy (non-hydrogen) atoms. The summed E-state index contributed by atoms with van der Waals surface area (Å²) in [5, 5.41) is 8.89. The number of hydrogen-bond acceptors (Lipinski definition) is 6. The first-order valence-electron chi connectivity index (χ1n) is 9.90. The molecule has 0 aliphatic heterocycles. The van der Waals surface area contributed by atoms with Crippen LogP contribution in [0.4, 0.5) is 0 Å². The lowest BCUT2D eigenvalue weighted by Gasteiger charge is -2.06. The molecule has 0 unspecified atom stereocenters. The smallest absolute Gasteiger partial charge is 0.264 e. The van der Waals surface area contributed by atoms with Gasteiger partial charge in [-0.25, -0.2) is 9.67 Å². The Morgan fingerprint density at radius 2 is 1.81 bits per heavy atom. The van der Waals surface area contributed by atoms with E-state index in [1.54, 1.807) is 10.9 Å². The summed E-state index contributed by atoms with van der Waals surface area (Å²) in [6.45, 7) is 6.17. The normalized spacial score (nSPS) is 11.3. The Balaban J connectivity index is 1.49. The molecule has 5 rings (SSSR count). The lowest BCUT2D eigenvalue weighted by Crippen LogP contribution is -2.21. The van der Waals surface area contributed by atoms with Crippen LogP contribution in [0.5, 0.6) is 0 Å². The van der Waals surface area contributed by atoms with Gasteiger partial charge in [0.1, 0.15) is 18.3 Å². The molecule has 0 saturated heterocycles. The molecule has 0 aliphatic carbocycles. The Bertz CT molecular complexity index is 1460. The van der Waals surface area contributed by atoms with Crippen molar-refractivity contribution in [2.45, 2.75) is 27.3 Å². The molecular formula is C23H20N6O2. The van der Waals surface area contributed by atoms with E-state index in [4.69, 9.17) is 4.52 Å². The lowest BCUT2D eigenvalue weighted by atomic mass is 10.1. The summed E-state index contributed by atoms with van der Waals surface area (Å²) < 4.78 is 8.51. The van der Waals surface area contributed by atoms with E-state index in [-0.39, 0.29) is 12.1 Å². The predicted octanol–water partition coefficient (Wildman–Crippen LogP) is 3.61. The molecule has 0 fully saturated rings. The van der Waals surface area contributed by atoms with Gasteiger partial charge >= 0.3 is 0 Å². The summed E-state index contributed by atoms with van der Waals surface area (Å²) in [7, 11) is 0. The van der Waals surface area contributed by atoms with E-state index < -0.39 is 0 Å². The van der Waals surface area contributed by atoms with Gasteiger partial charge in [0.25, 0.3) is 5.56 Å². The molecule has 154 valence electrons. The molecule has 0 atom stereocenters. The first-order valence-corrected chi connectivity index (χ1v) is 9.90. The van der Waals surface area contributed by atoms with Gasteiger partial charge in [0.2, 0.25) is 11.7 Å². The minimum atomic E-state index is -0.212. The Labute approximate surface area is 177 Å². The fourth-order valence-electron chi connectivity index (χ4n) is 3.72. The average molecular weight is 412 g/mol. The third-order valence-corrected chi connectivity index (χ3v) is 5.17. The second-order valence-electron chi connectivity index (χ2n) is 7.64. The van der Waals surface area contributed by atoms with Crippen LogP contribution < -0.4 is 5.56 Å². The van der Waals surface area contributed by atoms with Crippen LogP contribution in [0.2, 0.25) is 0 Å². The van der Waals surface area contributed by atoms with Gasteiger partial charge in [0.15, 0.2) is 5.65 Å². The standard InChI is InChI=1S/C23H20N6O2/c1-14-8-15(2)10-17(9-14)29-22-19(11-25-29)23(30)28(13-24-22)12-20-26-21(27-31-20)18-7-5-4-6-16(18)3/h4-11,13H,12H2,1-3H3. The molecule has 0 amide bonds. The first-order chi connectivity index (χ1) is 15.0. The molecule has 8 heteroatoms. The Hall–Kier alpha value is -4.07. The van der Waals surface area contributed by atoms with Crippen LogP contribution in [0.1, 0.15) is 22.6 Å². The molecule has 3 aromatic heterocycles. The number of benzene rings is 2. The molecular weight excluding hydrogens is 392 g/mol. The number of rotatable bonds is 4. The maximum Gasteiger partial charge on any atom is 0.264 e. The van der Waals surface area contributed by atoms with E-state index >= 15 is 0 Å². The van der Waals surface area contributed by atoms with Crippen LogP contribution in [-0.2, 0) is 6.54 Å². The van der Waals surface area contributed by atoms with Gasteiger partial charge in [0.05, 0.1) is 11.9 Å². The highest BCUT2D eigenvalue weighted by atomic mass is 16.5. The van der Waals surface area contributed by atoms with Crippen molar-refractivity contribution in [2.24, 2.45) is 0 Å². The zero-order valence-corrected chi connectivity index (χ0v) is 17.4. The quantitative estimate of drug-likeness (QED) is 0.448. The second kappa shape index (κ2) is 7.32. The van der Waals surface area contributed by atoms with Crippen LogP contribution in [0.25, 0.3) is 28.1 Å². The summed E-state index contributed by atoms with van der Waals surface area (Å²) in [4.78, 5) is 22.0. The van der Waals surface area contributed by atoms with Crippen molar-refractivity contribution in [3.8, 4) is 17.1 Å². The molecule has 0 N–H and O–H groups in total. The summed E-state index contributed by atoms with van der Waals surface area (Å²) >= 11 is 0. The van der Waals surface area contributed by atoms with Crippen LogP contribution in [0.15, 0.2) is 64.3 Å². The molecule has 8 nitrogen and oxygen atoms in total. The maximum absolute atomic E-state index is 13.0. The van der Waals surface area contributed by atoms with Crippen molar-refractivity contribution < 1.29 is 4.52 Å². The molecule has 5 aromatic rings. The topological polar surface area (TPSA) is 91.6 Å². The highest BCUT2D eigenvalue weighted by Gasteiger charge is 2.15. The van der Waals surface area contributed by atoms with E-state index in [1.165, 1.54) is 10.9 Å². The Morgan fingerprint density at radius 1 is 1.03 bits per heavy atom. The molecule has 2 aromatic carbocycles. The number of hydrogen-bond donors (Lipinski definition) is 0. The molecule has 0 saturated carbocycles. The van der Waals surface area contributed by atoms with Crippen LogP contribution in [0, 0.1) is 20.8 Å². The molecule has 0 aliphatic rings. The summed E-state index contributed by atoms with van der Waals surface area (Å²) in [6.07, 6.45) is 3.04. The van der Waals surface area contributed by atoms with Gasteiger partial charge in [-0.05, 0) is 49.6 Å². The van der Waals surface area contributed by atoms with E-state index in [0.29, 0.717) is 22.7 Å². The molecule has 0 radical (unpaired) electrons. The monoisotopic (exact) mass is 412 g/mol. The van der Waals surface area contributed by atoms with E-state index in [1.807, 2.05) is 57.2 Å². The number of nitrogens with zero attached hydrogens (tertiary/aromatic N) is 6. The SMILES string of the molecule is Cc1cc(C)cc(-n2ncc3c(=O)n(Cc4nc(-c5ccccc5C)no4)cnc32)c1. The van der Waals surface area contributed by atoms with Crippen molar-refractivity contribution in [1.82, 2.24) is 29.5 Å².